The van der Waals surface area contributed by atoms with Crippen molar-refractivity contribution in [1.29, 1.82) is 0 Å². The van der Waals surface area contributed by atoms with Gasteiger partial charge in [0, 0.05) is 19.3 Å². The minimum absolute atomic E-state index is 0.0728. The second-order valence-corrected chi connectivity index (χ2v) is 22.4. The Hall–Kier alpha value is -2.63. The van der Waals surface area contributed by atoms with Crippen LogP contribution in [0.15, 0.2) is 48.6 Å². The number of hydrogen-bond donors (Lipinski definition) is 0. The van der Waals surface area contributed by atoms with Gasteiger partial charge in [-0.2, -0.15) is 0 Å². The molecule has 1 atom stereocenters. The van der Waals surface area contributed by atoms with Crippen LogP contribution in [0.1, 0.15) is 355 Å². The molecule has 0 bridgehead atoms. The molecule has 6 nitrogen and oxygen atoms in total. The third kappa shape index (κ3) is 62.1. The highest BCUT2D eigenvalue weighted by molar-refractivity contribution is 5.71. The zero-order valence-corrected chi connectivity index (χ0v) is 50.3. The molecule has 6 heteroatoms. The normalized spacial score (nSPS) is 12.3. The summed E-state index contributed by atoms with van der Waals surface area (Å²) in [4.78, 5) is 38.2. The molecule has 0 saturated heterocycles. The highest BCUT2D eigenvalue weighted by Gasteiger charge is 2.19. The van der Waals surface area contributed by atoms with Gasteiger partial charge in [0.1, 0.15) is 13.2 Å². The molecule has 0 heterocycles. The van der Waals surface area contributed by atoms with Crippen LogP contribution in [0.5, 0.6) is 0 Å². The fraction of sp³-hybridized carbons (Fsp3) is 0.841. The third-order valence-electron chi connectivity index (χ3n) is 14.8. The van der Waals surface area contributed by atoms with Gasteiger partial charge < -0.3 is 14.2 Å². The van der Waals surface area contributed by atoms with Crippen molar-refractivity contribution in [3.8, 4) is 0 Å². The summed E-state index contributed by atoms with van der Waals surface area (Å²) in [5.41, 5.74) is 0. The summed E-state index contributed by atoms with van der Waals surface area (Å²) in [7, 11) is 0. The number of carbonyl (C=O) groups is 3. The van der Waals surface area contributed by atoms with E-state index in [1.54, 1.807) is 0 Å². The molecular weight excluding hydrogens is 925 g/mol. The van der Waals surface area contributed by atoms with Gasteiger partial charge in [-0.25, -0.2) is 0 Å². The predicted molar refractivity (Wildman–Crippen MR) is 325 cm³/mol. The lowest BCUT2D eigenvalue weighted by atomic mass is 10.0. The van der Waals surface area contributed by atoms with Gasteiger partial charge in [0.05, 0.1) is 0 Å². The highest BCUT2D eigenvalue weighted by Crippen LogP contribution is 2.18. The molecule has 0 aliphatic heterocycles. The SMILES string of the molecule is CC/C=C\C/C=C\C/C=C\CCCCCCCCCC(=O)OC(COC(=O)CCCCCCCCCCCCC)COC(=O)CCCCCCCCCCCCCCCCCCC/C=C\CCCCCCCCCC. The Morgan fingerprint density at radius 3 is 0.827 bits per heavy atom. The fourth-order valence-electron chi connectivity index (χ4n) is 9.87. The van der Waals surface area contributed by atoms with E-state index in [1.807, 2.05) is 0 Å². The Balaban J connectivity index is 4.15. The Morgan fingerprint density at radius 1 is 0.280 bits per heavy atom. The van der Waals surface area contributed by atoms with E-state index in [0.29, 0.717) is 19.3 Å². The zero-order valence-electron chi connectivity index (χ0n) is 50.3. The Labute approximate surface area is 467 Å². The average molecular weight is 1050 g/mol. The van der Waals surface area contributed by atoms with E-state index < -0.39 is 6.10 Å². The number of hydrogen-bond acceptors (Lipinski definition) is 6. The van der Waals surface area contributed by atoms with Gasteiger partial charge in [-0.1, -0.05) is 307 Å². The number of carbonyl (C=O) groups excluding carboxylic acids is 3. The second-order valence-electron chi connectivity index (χ2n) is 22.4. The van der Waals surface area contributed by atoms with Gasteiger partial charge in [-0.05, 0) is 77.0 Å². The lowest BCUT2D eigenvalue weighted by Crippen LogP contribution is -2.30. The number of allylic oxidation sites excluding steroid dienone is 8. The first-order chi connectivity index (χ1) is 37.0. The summed E-state index contributed by atoms with van der Waals surface area (Å²) in [5, 5.41) is 0. The summed E-state index contributed by atoms with van der Waals surface area (Å²) in [6.45, 7) is 6.56. The van der Waals surface area contributed by atoms with Gasteiger partial charge in [0.15, 0.2) is 6.10 Å². The monoisotopic (exact) mass is 1050 g/mol. The van der Waals surface area contributed by atoms with Crippen LogP contribution in [-0.2, 0) is 28.6 Å². The van der Waals surface area contributed by atoms with Gasteiger partial charge in [-0.15, -0.1) is 0 Å². The molecule has 0 amide bonds. The summed E-state index contributed by atoms with van der Waals surface area (Å²) < 4.78 is 16.9. The van der Waals surface area contributed by atoms with Crippen molar-refractivity contribution >= 4 is 17.9 Å². The molecule has 0 radical (unpaired) electrons. The molecule has 0 fully saturated rings. The summed E-state index contributed by atoms with van der Waals surface area (Å²) in [6, 6.07) is 0. The quantitative estimate of drug-likeness (QED) is 0.0261. The zero-order chi connectivity index (χ0) is 54.3. The number of ether oxygens (including phenoxy) is 3. The molecule has 75 heavy (non-hydrogen) atoms. The van der Waals surface area contributed by atoms with Crippen LogP contribution in [0.25, 0.3) is 0 Å². The van der Waals surface area contributed by atoms with Crippen molar-refractivity contribution in [1.82, 2.24) is 0 Å². The second kappa shape index (κ2) is 63.9. The van der Waals surface area contributed by atoms with E-state index in [-0.39, 0.29) is 31.1 Å². The first-order valence-corrected chi connectivity index (χ1v) is 33.1. The maximum absolute atomic E-state index is 12.9. The molecule has 0 rings (SSSR count). The van der Waals surface area contributed by atoms with Crippen molar-refractivity contribution in [3.05, 3.63) is 48.6 Å². The molecule has 0 spiro atoms. The molecule has 0 saturated carbocycles. The molecule has 0 aromatic heterocycles. The largest absolute Gasteiger partial charge is 0.462 e. The van der Waals surface area contributed by atoms with Crippen LogP contribution in [0.2, 0.25) is 0 Å². The first kappa shape index (κ1) is 72.4. The van der Waals surface area contributed by atoms with Crippen molar-refractivity contribution < 1.29 is 28.6 Å². The minimum Gasteiger partial charge on any atom is -0.462 e. The standard InChI is InChI=1S/C69H126O6/c1-4-7-10-13-16-19-22-24-26-28-29-30-31-32-33-34-35-36-37-38-39-41-42-44-47-50-53-56-59-62-68(71)74-65-66(64-73-67(70)61-58-55-52-49-46-21-18-15-12-9-6-3)75-69(72)63-60-57-54-51-48-45-43-40-27-25-23-20-17-14-11-8-5-2/h8,11,17,20,25,27-29,66H,4-7,9-10,12-16,18-19,21-24,26,30-65H2,1-3H3/b11-8-,20-17-,27-25-,29-28-. The first-order valence-electron chi connectivity index (χ1n) is 33.1. The van der Waals surface area contributed by atoms with Gasteiger partial charge in [0.2, 0.25) is 0 Å². The molecule has 0 aliphatic rings. The van der Waals surface area contributed by atoms with Crippen LogP contribution in [0.4, 0.5) is 0 Å². The van der Waals surface area contributed by atoms with Crippen LogP contribution in [0.3, 0.4) is 0 Å². The molecule has 0 N–H and O–H groups in total. The van der Waals surface area contributed by atoms with Gasteiger partial charge in [0.25, 0.3) is 0 Å². The van der Waals surface area contributed by atoms with Crippen molar-refractivity contribution in [3.63, 3.8) is 0 Å². The molecule has 438 valence electrons. The maximum atomic E-state index is 12.9. The van der Waals surface area contributed by atoms with Gasteiger partial charge in [-0.3, -0.25) is 14.4 Å². The smallest absolute Gasteiger partial charge is 0.306 e. The maximum Gasteiger partial charge on any atom is 0.306 e. The van der Waals surface area contributed by atoms with Crippen molar-refractivity contribution in [2.75, 3.05) is 13.2 Å². The van der Waals surface area contributed by atoms with Gasteiger partial charge >= 0.3 is 17.9 Å². The van der Waals surface area contributed by atoms with Crippen LogP contribution >= 0.6 is 0 Å². The number of esters is 3. The van der Waals surface area contributed by atoms with Crippen LogP contribution in [0, 0.1) is 0 Å². The van der Waals surface area contributed by atoms with E-state index in [1.165, 1.54) is 231 Å². The van der Waals surface area contributed by atoms with E-state index >= 15 is 0 Å². The average Bonchev–Trinajstić information content (AvgIpc) is 3.41. The molecule has 1 unspecified atom stereocenters. The lowest BCUT2D eigenvalue weighted by molar-refractivity contribution is -0.167. The van der Waals surface area contributed by atoms with E-state index in [2.05, 4.69) is 69.4 Å². The lowest BCUT2D eigenvalue weighted by Gasteiger charge is -2.18. The predicted octanol–water partition coefficient (Wildman–Crippen LogP) is 22.6. The van der Waals surface area contributed by atoms with E-state index in [0.717, 1.165) is 83.5 Å². The molecule has 0 aliphatic carbocycles. The summed E-state index contributed by atoms with van der Waals surface area (Å²) in [6.07, 6.45) is 80.0. The third-order valence-corrected chi connectivity index (χ3v) is 14.8. The van der Waals surface area contributed by atoms with Crippen LogP contribution < -0.4 is 0 Å². The van der Waals surface area contributed by atoms with E-state index in [9.17, 15) is 14.4 Å². The summed E-state index contributed by atoms with van der Waals surface area (Å²) in [5.74, 6) is -0.863. The van der Waals surface area contributed by atoms with Crippen LogP contribution in [-0.4, -0.2) is 37.2 Å². The molecular formula is C69H126O6. The van der Waals surface area contributed by atoms with Crippen molar-refractivity contribution in [2.24, 2.45) is 0 Å². The topological polar surface area (TPSA) is 78.9 Å². The Morgan fingerprint density at radius 2 is 0.520 bits per heavy atom. The molecule has 0 aromatic carbocycles. The number of unbranched alkanes of at least 4 members (excludes halogenated alkanes) is 42. The van der Waals surface area contributed by atoms with Crippen molar-refractivity contribution in [2.45, 2.75) is 361 Å². The number of rotatable bonds is 61. The Kier molecular flexibility index (Phi) is 61.7. The highest BCUT2D eigenvalue weighted by atomic mass is 16.6. The molecule has 0 aromatic rings. The van der Waals surface area contributed by atoms with E-state index in [4.69, 9.17) is 14.2 Å². The minimum atomic E-state index is -0.775. The Bertz CT molecular complexity index is 1300. The fourth-order valence-corrected chi connectivity index (χ4v) is 9.87. The summed E-state index contributed by atoms with van der Waals surface area (Å²) >= 11 is 0.